The summed E-state index contributed by atoms with van der Waals surface area (Å²) < 4.78 is 26.1. The zero-order chi connectivity index (χ0) is 14.0. The van der Waals surface area contributed by atoms with E-state index in [1.807, 2.05) is 0 Å². The quantitative estimate of drug-likeness (QED) is 0.913. The van der Waals surface area contributed by atoms with E-state index in [1.165, 1.54) is 12.1 Å². The van der Waals surface area contributed by atoms with Crippen molar-refractivity contribution < 1.29 is 18.3 Å². The van der Waals surface area contributed by atoms with Gasteiger partial charge in [0.2, 0.25) is 10.0 Å². The zero-order valence-electron chi connectivity index (χ0n) is 10.7. The lowest BCUT2D eigenvalue weighted by Gasteiger charge is -2.36. The fourth-order valence-electron chi connectivity index (χ4n) is 2.51. The van der Waals surface area contributed by atoms with Gasteiger partial charge in [0.05, 0.1) is 4.90 Å². The topological polar surface area (TPSA) is 74.7 Å². The minimum absolute atomic E-state index is 0.148. The minimum atomic E-state index is -3.74. The molecule has 1 N–H and O–H groups in total. The van der Waals surface area contributed by atoms with E-state index < -0.39 is 22.0 Å². The van der Waals surface area contributed by atoms with Crippen molar-refractivity contribution in [3.8, 4) is 0 Å². The fourth-order valence-corrected chi connectivity index (χ4v) is 4.25. The van der Waals surface area contributed by atoms with Crippen LogP contribution in [0.25, 0.3) is 0 Å². The first-order valence-corrected chi connectivity index (χ1v) is 7.68. The highest BCUT2D eigenvalue weighted by atomic mass is 32.2. The molecule has 0 bridgehead atoms. The third kappa shape index (κ3) is 2.64. The van der Waals surface area contributed by atoms with E-state index in [0.717, 1.165) is 10.7 Å². The SMILES string of the molecule is CC1CCCN(S(=O)(=O)c2ccccc2)C1C(=O)O. The molecule has 2 unspecified atom stereocenters. The maximum absolute atomic E-state index is 12.5. The van der Waals surface area contributed by atoms with Gasteiger partial charge in [0.25, 0.3) is 0 Å². The molecule has 0 saturated carbocycles. The lowest BCUT2D eigenvalue weighted by molar-refractivity contribution is -0.144. The smallest absolute Gasteiger partial charge is 0.322 e. The highest BCUT2D eigenvalue weighted by Crippen LogP contribution is 2.29. The van der Waals surface area contributed by atoms with Gasteiger partial charge in [-0.3, -0.25) is 4.79 Å². The molecular weight excluding hydrogens is 266 g/mol. The molecule has 2 rings (SSSR count). The number of benzene rings is 1. The summed E-state index contributed by atoms with van der Waals surface area (Å²) in [5.41, 5.74) is 0. The van der Waals surface area contributed by atoms with E-state index in [1.54, 1.807) is 25.1 Å². The molecule has 1 aromatic carbocycles. The first kappa shape index (κ1) is 14.0. The average molecular weight is 283 g/mol. The van der Waals surface area contributed by atoms with Gasteiger partial charge in [0.15, 0.2) is 0 Å². The summed E-state index contributed by atoms with van der Waals surface area (Å²) in [7, 11) is -3.74. The maximum Gasteiger partial charge on any atom is 0.322 e. The Labute approximate surface area is 112 Å². The number of sulfonamides is 1. The number of carboxylic acids is 1. The summed E-state index contributed by atoms with van der Waals surface area (Å²) >= 11 is 0. The summed E-state index contributed by atoms with van der Waals surface area (Å²) in [6.07, 6.45) is 1.43. The van der Waals surface area contributed by atoms with E-state index in [0.29, 0.717) is 6.42 Å². The van der Waals surface area contributed by atoms with Crippen LogP contribution in [0.4, 0.5) is 0 Å². The van der Waals surface area contributed by atoms with Gasteiger partial charge in [-0.25, -0.2) is 8.42 Å². The molecule has 1 aliphatic rings. The largest absolute Gasteiger partial charge is 0.480 e. The zero-order valence-corrected chi connectivity index (χ0v) is 11.5. The van der Waals surface area contributed by atoms with Crippen LogP contribution in [0.2, 0.25) is 0 Å². The third-order valence-electron chi connectivity index (χ3n) is 3.49. The van der Waals surface area contributed by atoms with Crippen LogP contribution in [-0.2, 0) is 14.8 Å². The summed E-state index contributed by atoms with van der Waals surface area (Å²) in [5, 5.41) is 9.28. The molecule has 19 heavy (non-hydrogen) atoms. The fraction of sp³-hybridized carbons (Fsp3) is 0.462. The second kappa shape index (κ2) is 5.30. The molecular formula is C13H17NO4S. The van der Waals surface area contributed by atoms with Gasteiger partial charge >= 0.3 is 5.97 Å². The van der Waals surface area contributed by atoms with Crippen LogP contribution >= 0.6 is 0 Å². The summed E-state index contributed by atoms with van der Waals surface area (Å²) in [6.45, 7) is 2.05. The number of carboxylic acid groups (broad SMARTS) is 1. The van der Waals surface area contributed by atoms with Crippen molar-refractivity contribution in [1.29, 1.82) is 0 Å². The Morgan fingerprint density at radius 3 is 2.53 bits per heavy atom. The van der Waals surface area contributed by atoms with Gasteiger partial charge < -0.3 is 5.11 Å². The number of rotatable bonds is 3. The maximum atomic E-state index is 12.5. The molecule has 1 aromatic rings. The predicted octanol–water partition coefficient (Wildman–Crippen LogP) is 1.56. The van der Waals surface area contributed by atoms with E-state index in [-0.39, 0.29) is 17.4 Å². The normalized spacial score (nSPS) is 25.1. The molecule has 0 aliphatic carbocycles. The Morgan fingerprint density at radius 2 is 1.95 bits per heavy atom. The number of aliphatic carboxylic acids is 1. The number of nitrogens with zero attached hydrogens (tertiary/aromatic N) is 1. The van der Waals surface area contributed by atoms with Crippen LogP contribution in [0.15, 0.2) is 35.2 Å². The highest BCUT2D eigenvalue weighted by molar-refractivity contribution is 7.89. The molecule has 0 spiro atoms. The second-order valence-corrected chi connectivity index (χ2v) is 6.72. The Balaban J connectivity index is 2.41. The van der Waals surface area contributed by atoms with E-state index in [2.05, 4.69) is 0 Å². The van der Waals surface area contributed by atoms with Gasteiger partial charge in [-0.1, -0.05) is 25.1 Å². The lowest BCUT2D eigenvalue weighted by Crippen LogP contribution is -2.51. The average Bonchev–Trinajstić information content (AvgIpc) is 2.39. The molecule has 2 atom stereocenters. The van der Waals surface area contributed by atoms with Gasteiger partial charge in [0, 0.05) is 6.54 Å². The van der Waals surface area contributed by atoms with Crippen molar-refractivity contribution in [3.63, 3.8) is 0 Å². The number of hydrogen-bond acceptors (Lipinski definition) is 3. The molecule has 5 nitrogen and oxygen atoms in total. The summed E-state index contributed by atoms with van der Waals surface area (Å²) in [5.74, 6) is -1.25. The highest BCUT2D eigenvalue weighted by Gasteiger charge is 2.41. The van der Waals surface area contributed by atoms with Crippen molar-refractivity contribution in [3.05, 3.63) is 30.3 Å². The molecule has 0 aromatic heterocycles. The minimum Gasteiger partial charge on any atom is -0.480 e. The molecule has 1 heterocycles. The molecule has 1 fully saturated rings. The van der Waals surface area contributed by atoms with E-state index >= 15 is 0 Å². The van der Waals surface area contributed by atoms with Crippen LogP contribution < -0.4 is 0 Å². The van der Waals surface area contributed by atoms with Crippen molar-refractivity contribution in [2.75, 3.05) is 6.54 Å². The first-order valence-electron chi connectivity index (χ1n) is 6.24. The molecule has 104 valence electrons. The summed E-state index contributed by atoms with van der Waals surface area (Å²) in [6, 6.07) is 7.01. The number of carbonyl (C=O) groups is 1. The molecule has 0 amide bonds. The van der Waals surface area contributed by atoms with Gasteiger partial charge in [-0.15, -0.1) is 0 Å². The van der Waals surface area contributed by atoms with Gasteiger partial charge in [0.1, 0.15) is 6.04 Å². The van der Waals surface area contributed by atoms with Crippen molar-refractivity contribution in [1.82, 2.24) is 4.31 Å². The van der Waals surface area contributed by atoms with Gasteiger partial charge in [-0.2, -0.15) is 4.31 Å². The van der Waals surface area contributed by atoms with Crippen LogP contribution in [0.5, 0.6) is 0 Å². The van der Waals surface area contributed by atoms with Crippen LogP contribution in [0.3, 0.4) is 0 Å². The lowest BCUT2D eigenvalue weighted by atomic mass is 9.93. The molecule has 1 aliphatic heterocycles. The third-order valence-corrected chi connectivity index (χ3v) is 5.39. The van der Waals surface area contributed by atoms with Crippen LogP contribution in [0, 0.1) is 5.92 Å². The Morgan fingerprint density at radius 1 is 1.32 bits per heavy atom. The van der Waals surface area contributed by atoms with Crippen molar-refractivity contribution in [2.45, 2.75) is 30.7 Å². The Hall–Kier alpha value is -1.40. The van der Waals surface area contributed by atoms with Gasteiger partial charge in [-0.05, 0) is 30.9 Å². The Bertz CT molecular complexity index is 555. The van der Waals surface area contributed by atoms with E-state index in [4.69, 9.17) is 0 Å². The predicted molar refractivity (Wildman–Crippen MR) is 70.2 cm³/mol. The van der Waals surface area contributed by atoms with E-state index in [9.17, 15) is 18.3 Å². The van der Waals surface area contributed by atoms with Crippen molar-refractivity contribution in [2.24, 2.45) is 5.92 Å². The van der Waals surface area contributed by atoms with Crippen LogP contribution in [0.1, 0.15) is 19.8 Å². The second-order valence-electron chi connectivity index (χ2n) is 4.83. The number of piperidine rings is 1. The standard InChI is InChI=1S/C13H17NO4S/c1-10-6-5-9-14(12(10)13(15)16)19(17,18)11-7-3-2-4-8-11/h2-4,7-8,10,12H,5-6,9H2,1H3,(H,15,16). The first-order chi connectivity index (χ1) is 8.94. The number of hydrogen-bond donors (Lipinski definition) is 1. The Kier molecular flexibility index (Phi) is 3.91. The molecule has 1 saturated heterocycles. The monoisotopic (exact) mass is 283 g/mol. The van der Waals surface area contributed by atoms with Crippen LogP contribution in [-0.4, -0.2) is 36.4 Å². The summed E-state index contributed by atoms with van der Waals surface area (Å²) in [4.78, 5) is 11.5. The molecule has 0 radical (unpaired) electrons. The molecule has 6 heteroatoms. The van der Waals surface area contributed by atoms with Crippen molar-refractivity contribution >= 4 is 16.0 Å².